The third kappa shape index (κ3) is 2.85. The molecular formula is C16H16N2O3. The maximum absolute atomic E-state index is 5.58. The molecule has 5 nitrogen and oxygen atoms in total. The van der Waals surface area contributed by atoms with Crippen LogP contribution in [-0.4, -0.2) is 36.8 Å². The summed E-state index contributed by atoms with van der Waals surface area (Å²) in [6.45, 7) is 0. The van der Waals surface area contributed by atoms with Gasteiger partial charge in [-0.3, -0.25) is 0 Å². The Morgan fingerprint density at radius 3 is 2.24 bits per heavy atom. The predicted octanol–water partition coefficient (Wildman–Crippen LogP) is 2.50. The summed E-state index contributed by atoms with van der Waals surface area (Å²) in [5, 5.41) is 0. The summed E-state index contributed by atoms with van der Waals surface area (Å²) in [4.78, 5) is 8.48. The molecule has 0 aliphatic carbocycles. The number of methoxy groups -OCH3 is 2. The second-order valence-electron chi connectivity index (χ2n) is 4.58. The lowest BCUT2D eigenvalue weighted by Crippen LogP contribution is -2.16. The first-order valence-corrected chi connectivity index (χ1v) is 6.62. The third-order valence-electron chi connectivity index (χ3n) is 3.32. The normalized spacial score (nSPS) is 21.3. The second-order valence-corrected chi connectivity index (χ2v) is 4.58. The molecule has 0 saturated carbocycles. The lowest BCUT2D eigenvalue weighted by molar-refractivity contribution is -0.170. The zero-order chi connectivity index (χ0) is 14.7. The zero-order valence-electron chi connectivity index (χ0n) is 11.9. The molecule has 1 aliphatic heterocycles. The molecule has 0 spiro atoms. The first-order chi connectivity index (χ1) is 10.3. The Labute approximate surface area is 123 Å². The van der Waals surface area contributed by atoms with Crippen molar-refractivity contribution in [3.8, 4) is 11.4 Å². The van der Waals surface area contributed by atoms with E-state index in [4.69, 9.17) is 14.2 Å². The highest BCUT2D eigenvalue weighted by Crippen LogP contribution is 2.30. The van der Waals surface area contributed by atoms with Gasteiger partial charge in [-0.15, -0.1) is 0 Å². The van der Waals surface area contributed by atoms with Crippen LogP contribution in [0, 0.1) is 0 Å². The summed E-state index contributed by atoms with van der Waals surface area (Å²) in [5.74, 6) is 0.707. The highest BCUT2D eigenvalue weighted by atomic mass is 16.8. The zero-order valence-corrected chi connectivity index (χ0v) is 11.9. The molecule has 0 amide bonds. The first-order valence-electron chi connectivity index (χ1n) is 6.62. The number of benzene rings is 1. The molecule has 0 bridgehead atoms. The van der Waals surface area contributed by atoms with Crippen LogP contribution in [0.5, 0.6) is 0 Å². The number of hydrogen-bond acceptors (Lipinski definition) is 5. The van der Waals surface area contributed by atoms with Crippen LogP contribution in [-0.2, 0) is 14.2 Å². The fraction of sp³-hybridized carbons (Fsp3) is 0.250. The Kier molecular flexibility index (Phi) is 4.06. The fourth-order valence-corrected chi connectivity index (χ4v) is 2.26. The Hall–Kier alpha value is -2.08. The van der Waals surface area contributed by atoms with E-state index < -0.39 is 6.29 Å². The van der Waals surface area contributed by atoms with Gasteiger partial charge in [0, 0.05) is 37.7 Å². The monoisotopic (exact) mass is 284 g/mol. The van der Waals surface area contributed by atoms with E-state index in [2.05, 4.69) is 9.97 Å². The van der Waals surface area contributed by atoms with Gasteiger partial charge in [-0.05, 0) is 17.7 Å². The minimum atomic E-state index is -0.409. The van der Waals surface area contributed by atoms with Crippen LogP contribution in [0.1, 0.15) is 5.56 Å². The van der Waals surface area contributed by atoms with E-state index in [-0.39, 0.29) is 6.29 Å². The highest BCUT2D eigenvalue weighted by molar-refractivity contribution is 5.71. The van der Waals surface area contributed by atoms with Gasteiger partial charge < -0.3 is 14.2 Å². The van der Waals surface area contributed by atoms with Crippen molar-refractivity contribution in [2.75, 3.05) is 14.2 Å². The SMILES string of the molecule is COC1C=C(c2ccc(-c3ncccn3)cc2)C(OC)O1. The summed E-state index contributed by atoms with van der Waals surface area (Å²) in [5.41, 5.74) is 2.96. The van der Waals surface area contributed by atoms with Gasteiger partial charge in [-0.2, -0.15) is 0 Å². The summed E-state index contributed by atoms with van der Waals surface area (Å²) in [7, 11) is 3.22. The average molecular weight is 284 g/mol. The maximum atomic E-state index is 5.58. The van der Waals surface area contributed by atoms with E-state index in [0.717, 1.165) is 16.7 Å². The minimum absolute atomic E-state index is 0.373. The molecule has 0 saturated heterocycles. The van der Waals surface area contributed by atoms with Gasteiger partial charge in [-0.25, -0.2) is 9.97 Å². The molecule has 0 radical (unpaired) electrons. The van der Waals surface area contributed by atoms with Gasteiger partial charge in [0.05, 0.1) is 0 Å². The maximum Gasteiger partial charge on any atom is 0.187 e. The molecule has 2 heterocycles. The van der Waals surface area contributed by atoms with E-state index in [1.165, 1.54) is 0 Å². The summed E-state index contributed by atoms with van der Waals surface area (Å²) in [6.07, 6.45) is 4.60. The third-order valence-corrected chi connectivity index (χ3v) is 3.32. The van der Waals surface area contributed by atoms with E-state index >= 15 is 0 Å². The van der Waals surface area contributed by atoms with Crippen molar-refractivity contribution in [1.29, 1.82) is 0 Å². The van der Waals surface area contributed by atoms with Gasteiger partial charge in [0.1, 0.15) is 0 Å². The molecule has 21 heavy (non-hydrogen) atoms. The van der Waals surface area contributed by atoms with Crippen LogP contribution in [0.3, 0.4) is 0 Å². The van der Waals surface area contributed by atoms with Crippen LogP contribution in [0.2, 0.25) is 0 Å². The van der Waals surface area contributed by atoms with E-state index in [1.807, 2.05) is 30.3 Å². The predicted molar refractivity (Wildman–Crippen MR) is 78.1 cm³/mol. The Morgan fingerprint density at radius 2 is 1.62 bits per heavy atom. The first kappa shape index (κ1) is 13.9. The summed E-state index contributed by atoms with van der Waals surface area (Å²) >= 11 is 0. The molecule has 1 aromatic carbocycles. The lowest BCUT2D eigenvalue weighted by Gasteiger charge is -2.14. The summed E-state index contributed by atoms with van der Waals surface area (Å²) < 4.78 is 16.1. The number of aromatic nitrogens is 2. The molecule has 0 N–H and O–H groups in total. The Balaban J connectivity index is 1.87. The second kappa shape index (κ2) is 6.13. The molecular weight excluding hydrogens is 268 g/mol. The number of ether oxygens (including phenoxy) is 3. The van der Waals surface area contributed by atoms with Crippen molar-refractivity contribution in [3.05, 3.63) is 54.4 Å². The highest BCUT2D eigenvalue weighted by Gasteiger charge is 2.27. The van der Waals surface area contributed by atoms with Crippen molar-refractivity contribution in [3.63, 3.8) is 0 Å². The Morgan fingerprint density at radius 1 is 0.952 bits per heavy atom. The number of rotatable bonds is 4. The van der Waals surface area contributed by atoms with E-state index in [0.29, 0.717) is 5.82 Å². The number of nitrogens with zero attached hydrogens (tertiary/aromatic N) is 2. The molecule has 2 atom stereocenters. The van der Waals surface area contributed by atoms with Gasteiger partial charge >= 0.3 is 0 Å². The summed E-state index contributed by atoms with van der Waals surface area (Å²) in [6, 6.07) is 9.78. The fourth-order valence-electron chi connectivity index (χ4n) is 2.26. The van der Waals surface area contributed by atoms with Gasteiger partial charge in [0.15, 0.2) is 18.4 Å². The van der Waals surface area contributed by atoms with Crippen molar-refractivity contribution >= 4 is 5.57 Å². The Bertz CT molecular complexity index is 626. The van der Waals surface area contributed by atoms with Gasteiger partial charge in [0.25, 0.3) is 0 Å². The quantitative estimate of drug-likeness (QED) is 0.863. The van der Waals surface area contributed by atoms with Crippen LogP contribution < -0.4 is 0 Å². The van der Waals surface area contributed by atoms with Gasteiger partial charge in [-0.1, -0.05) is 24.3 Å². The minimum Gasteiger partial charge on any atom is -0.352 e. The van der Waals surface area contributed by atoms with Crippen LogP contribution in [0.25, 0.3) is 17.0 Å². The molecule has 2 aromatic rings. The van der Waals surface area contributed by atoms with Crippen molar-refractivity contribution < 1.29 is 14.2 Å². The van der Waals surface area contributed by atoms with Crippen molar-refractivity contribution in [1.82, 2.24) is 9.97 Å². The van der Waals surface area contributed by atoms with Crippen molar-refractivity contribution in [2.45, 2.75) is 12.6 Å². The van der Waals surface area contributed by atoms with Crippen LogP contribution in [0.15, 0.2) is 48.8 Å². The standard InChI is InChI=1S/C16H16N2O3/c1-19-14-10-13(16(20-2)21-14)11-4-6-12(7-5-11)15-17-8-3-9-18-15/h3-10,14,16H,1-2H3. The molecule has 5 heteroatoms. The number of hydrogen-bond donors (Lipinski definition) is 0. The van der Waals surface area contributed by atoms with E-state index in [9.17, 15) is 0 Å². The van der Waals surface area contributed by atoms with Crippen molar-refractivity contribution in [2.24, 2.45) is 0 Å². The van der Waals surface area contributed by atoms with Gasteiger partial charge in [0.2, 0.25) is 0 Å². The smallest absolute Gasteiger partial charge is 0.187 e. The molecule has 1 aromatic heterocycles. The molecule has 1 aliphatic rings. The molecule has 108 valence electrons. The van der Waals surface area contributed by atoms with E-state index in [1.54, 1.807) is 32.7 Å². The van der Waals surface area contributed by atoms with Crippen LogP contribution >= 0.6 is 0 Å². The average Bonchev–Trinajstić information content (AvgIpc) is 2.99. The van der Waals surface area contributed by atoms with Crippen LogP contribution in [0.4, 0.5) is 0 Å². The topological polar surface area (TPSA) is 53.5 Å². The molecule has 2 unspecified atom stereocenters. The molecule has 0 fully saturated rings. The molecule has 3 rings (SSSR count). The lowest BCUT2D eigenvalue weighted by atomic mass is 10.0. The largest absolute Gasteiger partial charge is 0.352 e.